The molecule has 0 saturated carbocycles. The van der Waals surface area contributed by atoms with Crippen molar-refractivity contribution in [2.75, 3.05) is 24.4 Å². The van der Waals surface area contributed by atoms with Crippen molar-refractivity contribution in [2.24, 2.45) is 0 Å². The molecule has 2 amide bonds. The van der Waals surface area contributed by atoms with Gasteiger partial charge in [0.15, 0.2) is 18.1 Å². The largest absolute Gasteiger partial charge is 0.493 e. The second-order valence-electron chi connectivity index (χ2n) is 7.61. The third kappa shape index (κ3) is 6.71. The number of hydrogen-bond acceptors (Lipinski definition) is 5. The van der Waals surface area contributed by atoms with Gasteiger partial charge in [0.2, 0.25) is 0 Å². The van der Waals surface area contributed by atoms with E-state index < -0.39 is 5.91 Å². The summed E-state index contributed by atoms with van der Waals surface area (Å²) in [5, 5.41) is 15.0. The first kappa shape index (κ1) is 25.5. The quantitative estimate of drug-likeness (QED) is 0.288. The molecule has 0 aliphatic heterocycles. The van der Waals surface area contributed by atoms with Crippen LogP contribution in [0.15, 0.2) is 70.7 Å². The van der Waals surface area contributed by atoms with E-state index in [1.54, 1.807) is 36.4 Å². The molecule has 35 heavy (non-hydrogen) atoms. The Balaban J connectivity index is 1.74. The number of nitrogens with one attached hydrogen (secondary N) is 2. The summed E-state index contributed by atoms with van der Waals surface area (Å²) in [5.74, 6) is -0.183. The van der Waals surface area contributed by atoms with E-state index in [0.717, 1.165) is 16.8 Å². The minimum absolute atomic E-state index is 0.0793. The van der Waals surface area contributed by atoms with Gasteiger partial charge in [0, 0.05) is 11.4 Å². The Morgan fingerprint density at radius 1 is 1.06 bits per heavy atom. The Kier molecular flexibility index (Phi) is 8.65. The van der Waals surface area contributed by atoms with E-state index in [4.69, 9.17) is 9.47 Å². The molecule has 0 saturated heterocycles. The standard InChI is InChI=1S/C27H24BrN3O4/c1-17-8-7-11-23(18(17)2)31-25(32)16-35-26-22(28)13-19(14-24(26)34-3)12-20(15-29)27(33)30-21-9-5-4-6-10-21/h4-14H,16H2,1-3H3,(H,30,33)(H,31,32)/b20-12+. The molecule has 2 N–H and O–H groups in total. The van der Waals surface area contributed by atoms with Crippen molar-refractivity contribution in [1.29, 1.82) is 5.26 Å². The summed E-state index contributed by atoms with van der Waals surface area (Å²) in [4.78, 5) is 25.0. The lowest BCUT2D eigenvalue weighted by Crippen LogP contribution is -2.21. The molecule has 0 heterocycles. The summed E-state index contributed by atoms with van der Waals surface area (Å²) in [6, 6.07) is 19.8. The lowest BCUT2D eigenvalue weighted by atomic mass is 10.1. The molecule has 178 valence electrons. The number of halogens is 1. The average molecular weight is 534 g/mol. The molecule has 7 nitrogen and oxygen atoms in total. The Labute approximate surface area is 212 Å². The highest BCUT2D eigenvalue weighted by Crippen LogP contribution is 2.37. The van der Waals surface area contributed by atoms with Gasteiger partial charge in [0.05, 0.1) is 11.6 Å². The van der Waals surface area contributed by atoms with Gasteiger partial charge in [-0.05, 0) is 82.9 Å². The minimum Gasteiger partial charge on any atom is -0.493 e. The van der Waals surface area contributed by atoms with Crippen LogP contribution in [0.3, 0.4) is 0 Å². The second kappa shape index (κ2) is 11.9. The highest BCUT2D eigenvalue weighted by molar-refractivity contribution is 9.10. The average Bonchev–Trinajstić information content (AvgIpc) is 2.84. The van der Waals surface area contributed by atoms with Gasteiger partial charge in [-0.2, -0.15) is 5.26 Å². The Hall–Kier alpha value is -4.09. The number of para-hydroxylation sites is 1. The van der Waals surface area contributed by atoms with Crippen LogP contribution in [0.25, 0.3) is 6.08 Å². The number of hydrogen-bond donors (Lipinski definition) is 2. The Morgan fingerprint density at radius 3 is 2.49 bits per heavy atom. The molecule has 3 aromatic rings. The molecule has 0 aromatic heterocycles. The molecular weight excluding hydrogens is 510 g/mol. The van der Waals surface area contributed by atoms with Gasteiger partial charge in [0.25, 0.3) is 11.8 Å². The number of nitriles is 1. The van der Waals surface area contributed by atoms with E-state index in [-0.39, 0.29) is 18.1 Å². The summed E-state index contributed by atoms with van der Waals surface area (Å²) in [6.45, 7) is 3.68. The first-order valence-corrected chi connectivity index (χ1v) is 11.5. The van der Waals surface area contributed by atoms with Gasteiger partial charge in [-0.1, -0.05) is 30.3 Å². The van der Waals surface area contributed by atoms with Crippen LogP contribution in [0, 0.1) is 25.2 Å². The van der Waals surface area contributed by atoms with Crippen LogP contribution in [0.2, 0.25) is 0 Å². The minimum atomic E-state index is -0.530. The molecule has 3 aromatic carbocycles. The van der Waals surface area contributed by atoms with E-state index in [1.807, 2.05) is 44.2 Å². The smallest absolute Gasteiger partial charge is 0.266 e. The third-order valence-electron chi connectivity index (χ3n) is 5.19. The van der Waals surface area contributed by atoms with Gasteiger partial charge in [-0.3, -0.25) is 9.59 Å². The Bertz CT molecular complexity index is 1310. The van der Waals surface area contributed by atoms with Crippen LogP contribution < -0.4 is 20.1 Å². The third-order valence-corrected chi connectivity index (χ3v) is 5.77. The summed E-state index contributed by atoms with van der Waals surface area (Å²) in [5.41, 5.74) is 3.83. The first-order valence-electron chi connectivity index (χ1n) is 10.7. The highest BCUT2D eigenvalue weighted by Gasteiger charge is 2.16. The van der Waals surface area contributed by atoms with Gasteiger partial charge >= 0.3 is 0 Å². The van der Waals surface area contributed by atoms with Crippen LogP contribution in [0.5, 0.6) is 11.5 Å². The maximum absolute atomic E-state index is 12.5. The number of rotatable bonds is 8. The molecule has 0 bridgehead atoms. The van der Waals surface area contributed by atoms with Gasteiger partial charge in [-0.25, -0.2) is 0 Å². The summed E-state index contributed by atoms with van der Waals surface area (Å²) >= 11 is 3.43. The highest BCUT2D eigenvalue weighted by atomic mass is 79.9. The topological polar surface area (TPSA) is 100 Å². The zero-order valence-corrected chi connectivity index (χ0v) is 21.1. The fourth-order valence-electron chi connectivity index (χ4n) is 3.21. The number of methoxy groups -OCH3 is 1. The molecule has 0 spiro atoms. The zero-order chi connectivity index (χ0) is 25.4. The maximum Gasteiger partial charge on any atom is 0.266 e. The Morgan fingerprint density at radius 2 is 1.80 bits per heavy atom. The fourth-order valence-corrected chi connectivity index (χ4v) is 3.78. The molecule has 8 heteroatoms. The lowest BCUT2D eigenvalue weighted by Gasteiger charge is -2.15. The van der Waals surface area contributed by atoms with Crippen molar-refractivity contribution in [2.45, 2.75) is 13.8 Å². The second-order valence-corrected chi connectivity index (χ2v) is 8.46. The maximum atomic E-state index is 12.5. The van der Waals surface area contributed by atoms with Crippen molar-refractivity contribution < 1.29 is 19.1 Å². The van der Waals surface area contributed by atoms with Gasteiger partial charge in [-0.15, -0.1) is 0 Å². The molecule has 0 unspecified atom stereocenters. The van der Waals surface area contributed by atoms with E-state index in [1.165, 1.54) is 13.2 Å². The van der Waals surface area contributed by atoms with Gasteiger partial charge in [0.1, 0.15) is 11.6 Å². The normalized spacial score (nSPS) is 10.8. The number of anilines is 2. The number of ether oxygens (including phenoxy) is 2. The van der Waals surface area contributed by atoms with Crippen molar-refractivity contribution in [3.05, 3.63) is 87.4 Å². The van der Waals surface area contributed by atoms with Gasteiger partial charge < -0.3 is 20.1 Å². The van der Waals surface area contributed by atoms with E-state index in [9.17, 15) is 14.9 Å². The molecule has 0 fully saturated rings. The lowest BCUT2D eigenvalue weighted by molar-refractivity contribution is -0.118. The first-order chi connectivity index (χ1) is 16.8. The van der Waals surface area contributed by atoms with Crippen molar-refractivity contribution in [3.63, 3.8) is 0 Å². The van der Waals surface area contributed by atoms with Crippen LogP contribution >= 0.6 is 15.9 Å². The zero-order valence-electron chi connectivity index (χ0n) is 19.5. The van der Waals surface area contributed by atoms with Crippen molar-refractivity contribution in [1.82, 2.24) is 0 Å². The van der Waals surface area contributed by atoms with Crippen LogP contribution in [-0.2, 0) is 9.59 Å². The predicted octanol–water partition coefficient (Wildman–Crippen LogP) is 5.64. The number of aryl methyl sites for hydroxylation is 1. The molecule has 0 aliphatic carbocycles. The van der Waals surface area contributed by atoms with E-state index >= 15 is 0 Å². The molecular formula is C27H24BrN3O4. The number of benzene rings is 3. The summed E-state index contributed by atoms with van der Waals surface area (Å²) < 4.78 is 11.7. The fraction of sp³-hybridized carbons (Fsp3) is 0.148. The van der Waals surface area contributed by atoms with E-state index in [0.29, 0.717) is 27.2 Å². The number of nitrogens with zero attached hydrogens (tertiary/aromatic N) is 1. The number of carbonyl (C=O) groups is 2. The summed E-state index contributed by atoms with van der Waals surface area (Å²) in [6.07, 6.45) is 1.45. The summed E-state index contributed by atoms with van der Waals surface area (Å²) in [7, 11) is 1.46. The van der Waals surface area contributed by atoms with Crippen molar-refractivity contribution in [3.8, 4) is 17.6 Å². The predicted molar refractivity (Wildman–Crippen MR) is 139 cm³/mol. The monoisotopic (exact) mass is 533 g/mol. The molecule has 3 rings (SSSR count). The van der Waals surface area contributed by atoms with Crippen LogP contribution in [0.1, 0.15) is 16.7 Å². The number of carbonyl (C=O) groups excluding carboxylic acids is 2. The molecule has 0 radical (unpaired) electrons. The van der Waals surface area contributed by atoms with Crippen molar-refractivity contribution >= 4 is 45.2 Å². The van der Waals surface area contributed by atoms with Crippen LogP contribution in [-0.4, -0.2) is 25.5 Å². The molecule has 0 aliphatic rings. The van der Waals surface area contributed by atoms with Crippen LogP contribution in [0.4, 0.5) is 11.4 Å². The number of amides is 2. The van der Waals surface area contributed by atoms with E-state index in [2.05, 4.69) is 26.6 Å². The molecule has 0 atom stereocenters. The SMILES string of the molecule is COc1cc(/C=C(\C#N)C(=O)Nc2ccccc2)cc(Br)c1OCC(=O)Nc1cccc(C)c1C.